The van der Waals surface area contributed by atoms with Gasteiger partial charge in [0, 0.05) is 19.2 Å². The number of unbranched alkanes of at least 4 members (excludes halogenated alkanes) is 1. The summed E-state index contributed by atoms with van der Waals surface area (Å²) in [4.78, 5) is 11.8. The number of aryl methyl sites for hydroxylation is 1. The van der Waals surface area contributed by atoms with Crippen LogP contribution in [0.15, 0.2) is 10.9 Å². The second-order valence-electron chi connectivity index (χ2n) is 4.56. The molecule has 0 aromatic carbocycles. The molecule has 2 rings (SSSR count). The SMILES string of the molecule is CCCCOCCn1nc2c(cc1=O)NCCC2. The summed E-state index contributed by atoms with van der Waals surface area (Å²) in [6, 6.07) is 1.65. The molecular weight excluding hydrogens is 230 g/mol. The van der Waals surface area contributed by atoms with Gasteiger partial charge in [-0.25, -0.2) is 4.68 Å². The highest BCUT2D eigenvalue weighted by Crippen LogP contribution is 2.16. The van der Waals surface area contributed by atoms with Gasteiger partial charge in [-0.2, -0.15) is 5.10 Å². The van der Waals surface area contributed by atoms with E-state index in [1.807, 2.05) is 0 Å². The maximum absolute atomic E-state index is 11.8. The molecule has 0 unspecified atom stereocenters. The molecule has 0 radical (unpaired) electrons. The molecule has 2 heterocycles. The first-order valence-corrected chi connectivity index (χ1v) is 6.74. The molecule has 18 heavy (non-hydrogen) atoms. The van der Waals surface area contributed by atoms with Crippen LogP contribution < -0.4 is 10.9 Å². The maximum atomic E-state index is 11.8. The monoisotopic (exact) mass is 251 g/mol. The number of anilines is 1. The standard InChI is InChI=1S/C13H21N3O2/c1-2-3-8-18-9-7-16-13(17)10-12-11(15-16)5-4-6-14-12/h10,14H,2-9H2,1H3. The van der Waals surface area contributed by atoms with E-state index in [0.29, 0.717) is 13.2 Å². The molecule has 0 amide bonds. The Kier molecular flexibility index (Phi) is 4.75. The summed E-state index contributed by atoms with van der Waals surface area (Å²) in [5.74, 6) is 0. The molecule has 100 valence electrons. The predicted molar refractivity (Wildman–Crippen MR) is 71.0 cm³/mol. The van der Waals surface area contributed by atoms with Gasteiger partial charge in [0.15, 0.2) is 0 Å². The highest BCUT2D eigenvalue weighted by Gasteiger charge is 2.12. The van der Waals surface area contributed by atoms with Crippen molar-refractivity contribution < 1.29 is 4.74 Å². The molecule has 5 heteroatoms. The zero-order valence-corrected chi connectivity index (χ0v) is 10.9. The van der Waals surface area contributed by atoms with Crippen LogP contribution in [0.3, 0.4) is 0 Å². The van der Waals surface area contributed by atoms with Crippen LogP contribution in [0.25, 0.3) is 0 Å². The number of ether oxygens (including phenoxy) is 1. The summed E-state index contributed by atoms with van der Waals surface area (Å²) in [5, 5.41) is 7.60. The van der Waals surface area contributed by atoms with Crippen LogP contribution in [0.2, 0.25) is 0 Å². The minimum Gasteiger partial charge on any atom is -0.383 e. The lowest BCUT2D eigenvalue weighted by Gasteiger charge is -2.17. The van der Waals surface area contributed by atoms with E-state index in [2.05, 4.69) is 17.3 Å². The molecule has 1 aliphatic heterocycles. The molecule has 1 N–H and O–H groups in total. The van der Waals surface area contributed by atoms with Crippen molar-refractivity contribution in [1.29, 1.82) is 0 Å². The Labute approximate surface area is 107 Å². The number of hydrogen-bond acceptors (Lipinski definition) is 4. The smallest absolute Gasteiger partial charge is 0.268 e. The Hall–Kier alpha value is -1.36. The van der Waals surface area contributed by atoms with Crippen molar-refractivity contribution in [3.63, 3.8) is 0 Å². The van der Waals surface area contributed by atoms with E-state index in [0.717, 1.165) is 50.2 Å². The van der Waals surface area contributed by atoms with Gasteiger partial charge in [0.25, 0.3) is 5.56 Å². The third-order valence-corrected chi connectivity index (χ3v) is 3.07. The zero-order valence-electron chi connectivity index (χ0n) is 10.9. The van der Waals surface area contributed by atoms with E-state index in [-0.39, 0.29) is 5.56 Å². The average Bonchev–Trinajstić information content (AvgIpc) is 2.39. The van der Waals surface area contributed by atoms with Crippen molar-refractivity contribution in [2.75, 3.05) is 25.1 Å². The van der Waals surface area contributed by atoms with Gasteiger partial charge in [0.2, 0.25) is 0 Å². The first-order chi connectivity index (χ1) is 8.81. The lowest BCUT2D eigenvalue weighted by atomic mass is 10.1. The fraction of sp³-hybridized carbons (Fsp3) is 0.692. The van der Waals surface area contributed by atoms with Gasteiger partial charge in [-0.1, -0.05) is 13.3 Å². The van der Waals surface area contributed by atoms with E-state index in [9.17, 15) is 4.79 Å². The number of rotatable bonds is 6. The molecule has 1 aromatic heterocycles. The highest BCUT2D eigenvalue weighted by atomic mass is 16.5. The average molecular weight is 251 g/mol. The molecule has 0 aliphatic carbocycles. The number of fused-ring (bicyclic) bond motifs is 1. The van der Waals surface area contributed by atoms with E-state index in [1.54, 1.807) is 6.07 Å². The zero-order chi connectivity index (χ0) is 12.8. The number of aromatic nitrogens is 2. The van der Waals surface area contributed by atoms with Crippen molar-refractivity contribution in [3.05, 3.63) is 22.1 Å². The molecule has 0 atom stereocenters. The minimum absolute atomic E-state index is 0.0535. The normalized spacial score (nSPS) is 14.1. The van der Waals surface area contributed by atoms with Crippen LogP contribution in [0, 0.1) is 0 Å². The fourth-order valence-electron chi connectivity index (χ4n) is 2.01. The van der Waals surface area contributed by atoms with Gasteiger partial charge in [-0.15, -0.1) is 0 Å². The van der Waals surface area contributed by atoms with Crippen LogP contribution in [0.5, 0.6) is 0 Å². The first kappa shape index (κ1) is 13.1. The number of nitrogens with zero attached hydrogens (tertiary/aromatic N) is 2. The van der Waals surface area contributed by atoms with Crippen molar-refractivity contribution in [2.24, 2.45) is 0 Å². The lowest BCUT2D eigenvalue weighted by Crippen LogP contribution is -2.28. The molecule has 1 aromatic rings. The van der Waals surface area contributed by atoms with Crippen LogP contribution in [-0.2, 0) is 17.7 Å². The minimum atomic E-state index is -0.0535. The molecule has 0 fully saturated rings. The molecule has 5 nitrogen and oxygen atoms in total. The summed E-state index contributed by atoms with van der Waals surface area (Å²) in [5.41, 5.74) is 1.84. The predicted octanol–water partition coefficient (Wildman–Crippen LogP) is 1.42. The van der Waals surface area contributed by atoms with Crippen molar-refractivity contribution in [3.8, 4) is 0 Å². The Morgan fingerprint density at radius 1 is 1.50 bits per heavy atom. The van der Waals surface area contributed by atoms with Crippen LogP contribution in [0.1, 0.15) is 31.9 Å². The fourth-order valence-corrected chi connectivity index (χ4v) is 2.01. The number of hydrogen-bond donors (Lipinski definition) is 1. The Morgan fingerprint density at radius 3 is 3.22 bits per heavy atom. The molecule has 0 spiro atoms. The van der Waals surface area contributed by atoms with Crippen molar-refractivity contribution in [1.82, 2.24) is 9.78 Å². The summed E-state index contributed by atoms with van der Waals surface area (Å²) in [7, 11) is 0. The molecule has 0 saturated heterocycles. The van der Waals surface area contributed by atoms with Gasteiger partial charge < -0.3 is 10.1 Å². The molecule has 1 aliphatic rings. The Balaban J connectivity index is 1.94. The van der Waals surface area contributed by atoms with Crippen molar-refractivity contribution >= 4 is 5.69 Å². The van der Waals surface area contributed by atoms with Gasteiger partial charge in [0.05, 0.1) is 24.5 Å². The van der Waals surface area contributed by atoms with Crippen LogP contribution in [-0.4, -0.2) is 29.5 Å². The summed E-state index contributed by atoms with van der Waals surface area (Å²) >= 11 is 0. The first-order valence-electron chi connectivity index (χ1n) is 6.74. The van der Waals surface area contributed by atoms with Crippen LogP contribution in [0.4, 0.5) is 5.69 Å². The van der Waals surface area contributed by atoms with Gasteiger partial charge in [-0.3, -0.25) is 4.79 Å². The van der Waals surface area contributed by atoms with E-state index in [1.165, 1.54) is 4.68 Å². The quantitative estimate of drug-likeness (QED) is 0.777. The third kappa shape index (κ3) is 3.32. The molecular formula is C13H21N3O2. The van der Waals surface area contributed by atoms with Gasteiger partial charge in [0.1, 0.15) is 0 Å². The van der Waals surface area contributed by atoms with E-state index < -0.39 is 0 Å². The Morgan fingerprint density at radius 2 is 2.39 bits per heavy atom. The second-order valence-corrected chi connectivity index (χ2v) is 4.56. The van der Waals surface area contributed by atoms with E-state index >= 15 is 0 Å². The number of nitrogens with one attached hydrogen (secondary N) is 1. The Bertz CT molecular complexity index is 442. The summed E-state index contributed by atoms with van der Waals surface area (Å²) in [6.45, 7) is 4.91. The second kappa shape index (κ2) is 6.54. The summed E-state index contributed by atoms with van der Waals surface area (Å²) in [6.07, 6.45) is 4.21. The molecule has 0 bridgehead atoms. The third-order valence-electron chi connectivity index (χ3n) is 3.07. The van der Waals surface area contributed by atoms with Crippen molar-refractivity contribution in [2.45, 2.75) is 39.2 Å². The lowest BCUT2D eigenvalue weighted by molar-refractivity contribution is 0.120. The topological polar surface area (TPSA) is 56.2 Å². The molecule has 0 saturated carbocycles. The van der Waals surface area contributed by atoms with Crippen LogP contribution >= 0.6 is 0 Å². The summed E-state index contributed by atoms with van der Waals surface area (Å²) < 4.78 is 6.97. The van der Waals surface area contributed by atoms with E-state index in [4.69, 9.17) is 4.74 Å². The van der Waals surface area contributed by atoms with Gasteiger partial charge >= 0.3 is 0 Å². The largest absolute Gasteiger partial charge is 0.383 e. The highest BCUT2D eigenvalue weighted by molar-refractivity contribution is 5.48. The van der Waals surface area contributed by atoms with Gasteiger partial charge in [-0.05, 0) is 19.3 Å². The maximum Gasteiger partial charge on any atom is 0.268 e.